The monoisotopic (exact) mass is 280 g/mol. The lowest BCUT2D eigenvalue weighted by Crippen LogP contribution is -2.31. The molecule has 20 heavy (non-hydrogen) atoms. The first-order chi connectivity index (χ1) is 9.38. The second kappa shape index (κ2) is 5.58. The summed E-state index contributed by atoms with van der Waals surface area (Å²) >= 11 is 0. The first-order valence-corrected chi connectivity index (χ1v) is 7.59. The van der Waals surface area contributed by atoms with E-state index in [0.29, 0.717) is 5.92 Å². The normalized spacial score (nSPS) is 30.4. The summed E-state index contributed by atoms with van der Waals surface area (Å²) < 4.78 is 0. The highest BCUT2D eigenvalue weighted by Crippen LogP contribution is 2.54. The Kier molecular flexibility index (Phi) is 4.21. The van der Waals surface area contributed by atoms with E-state index >= 15 is 0 Å². The Balaban J connectivity index is 2.57. The van der Waals surface area contributed by atoms with Crippen LogP contribution in [0.1, 0.15) is 58.8 Å². The molecule has 2 rings (SSSR count). The van der Waals surface area contributed by atoms with Crippen LogP contribution >= 0.6 is 0 Å². The van der Waals surface area contributed by atoms with Crippen LogP contribution in [0.2, 0.25) is 0 Å². The lowest BCUT2D eigenvalue weighted by molar-refractivity contribution is -0.140. The zero-order valence-electron chi connectivity index (χ0n) is 12.3. The van der Waals surface area contributed by atoms with Crippen LogP contribution in [0, 0.1) is 17.3 Å². The van der Waals surface area contributed by atoms with Crippen LogP contribution < -0.4 is 0 Å². The van der Waals surface area contributed by atoms with Crippen molar-refractivity contribution in [1.82, 2.24) is 0 Å². The molecule has 2 aliphatic rings. The third kappa shape index (κ3) is 2.48. The van der Waals surface area contributed by atoms with Crippen molar-refractivity contribution in [2.24, 2.45) is 17.3 Å². The maximum atomic E-state index is 11.5. The Bertz CT molecular complexity index is 429. The molecule has 0 spiro atoms. The molecular weight excluding hydrogens is 256 g/mol. The van der Waals surface area contributed by atoms with E-state index in [2.05, 4.69) is 13.8 Å². The second-order valence-corrected chi connectivity index (χ2v) is 6.59. The lowest BCUT2D eigenvalue weighted by Gasteiger charge is -2.36. The van der Waals surface area contributed by atoms with Crippen molar-refractivity contribution in [3.8, 4) is 0 Å². The summed E-state index contributed by atoms with van der Waals surface area (Å²) in [4.78, 5) is 23.0. The highest BCUT2D eigenvalue weighted by molar-refractivity contribution is 6.13. The second-order valence-electron chi connectivity index (χ2n) is 6.59. The van der Waals surface area contributed by atoms with Crippen LogP contribution in [-0.2, 0) is 9.59 Å². The zero-order chi connectivity index (χ0) is 14.9. The zero-order valence-corrected chi connectivity index (χ0v) is 12.3. The van der Waals surface area contributed by atoms with Gasteiger partial charge in [-0.15, -0.1) is 0 Å². The standard InChI is InChI=1S/C16H24O4/c1-10-6-5-9-16(10,2)13(11-7-3-4-8-11)12(14(17)18)15(19)20/h10-11H,3-9H2,1-2H3,(H,17,18)(H,19,20). The molecule has 0 heterocycles. The van der Waals surface area contributed by atoms with Gasteiger partial charge in [0.1, 0.15) is 5.57 Å². The number of hydrogen-bond donors (Lipinski definition) is 2. The predicted molar refractivity (Wildman–Crippen MR) is 75.4 cm³/mol. The minimum Gasteiger partial charge on any atom is -0.477 e. The van der Waals surface area contributed by atoms with E-state index < -0.39 is 11.9 Å². The number of allylic oxidation sites excluding steroid dienone is 1. The number of hydrogen-bond acceptors (Lipinski definition) is 2. The Morgan fingerprint density at radius 1 is 1.00 bits per heavy atom. The molecule has 112 valence electrons. The maximum absolute atomic E-state index is 11.5. The number of carboxylic acids is 2. The first kappa shape index (κ1) is 15.1. The van der Waals surface area contributed by atoms with Gasteiger partial charge in [-0.25, -0.2) is 9.59 Å². The molecule has 0 amide bonds. The van der Waals surface area contributed by atoms with E-state index in [1.165, 1.54) is 0 Å². The van der Waals surface area contributed by atoms with Gasteiger partial charge in [0, 0.05) is 0 Å². The first-order valence-electron chi connectivity index (χ1n) is 7.59. The molecule has 2 fully saturated rings. The largest absolute Gasteiger partial charge is 0.477 e. The maximum Gasteiger partial charge on any atom is 0.343 e. The predicted octanol–water partition coefficient (Wildman–Crippen LogP) is 3.47. The molecule has 2 atom stereocenters. The van der Waals surface area contributed by atoms with E-state index in [-0.39, 0.29) is 16.9 Å². The number of aliphatic carboxylic acids is 2. The lowest BCUT2D eigenvalue weighted by atomic mass is 9.67. The fourth-order valence-electron chi connectivity index (χ4n) is 4.23. The molecule has 4 nitrogen and oxygen atoms in total. The van der Waals surface area contributed by atoms with Crippen LogP contribution in [0.15, 0.2) is 11.1 Å². The van der Waals surface area contributed by atoms with E-state index in [1.807, 2.05) is 0 Å². The summed E-state index contributed by atoms with van der Waals surface area (Å²) in [6.45, 7) is 4.20. The average Bonchev–Trinajstić information content (AvgIpc) is 2.97. The molecule has 2 saturated carbocycles. The van der Waals surface area contributed by atoms with Gasteiger partial charge >= 0.3 is 11.9 Å². The van der Waals surface area contributed by atoms with Gasteiger partial charge in [-0.05, 0) is 48.5 Å². The molecule has 0 saturated heterocycles. The number of carbonyl (C=O) groups is 2. The number of rotatable bonds is 4. The summed E-state index contributed by atoms with van der Waals surface area (Å²) in [5.74, 6) is -2.06. The summed E-state index contributed by atoms with van der Waals surface area (Å²) in [7, 11) is 0. The van der Waals surface area contributed by atoms with Crippen LogP contribution in [0.4, 0.5) is 0 Å². The van der Waals surface area contributed by atoms with Crippen molar-refractivity contribution in [3.63, 3.8) is 0 Å². The highest BCUT2D eigenvalue weighted by atomic mass is 16.4. The minimum absolute atomic E-state index is 0.141. The minimum atomic E-state index is -1.28. The average molecular weight is 280 g/mol. The molecular formula is C16H24O4. The van der Waals surface area contributed by atoms with E-state index in [4.69, 9.17) is 0 Å². The van der Waals surface area contributed by atoms with Crippen LogP contribution in [0.25, 0.3) is 0 Å². The third-order valence-electron chi connectivity index (χ3n) is 5.50. The van der Waals surface area contributed by atoms with Crippen molar-refractivity contribution in [2.45, 2.75) is 58.8 Å². The molecule has 2 N–H and O–H groups in total. The topological polar surface area (TPSA) is 74.6 Å². The molecule has 0 bridgehead atoms. The van der Waals surface area contributed by atoms with Crippen molar-refractivity contribution in [2.75, 3.05) is 0 Å². The van der Waals surface area contributed by atoms with E-state index in [0.717, 1.165) is 50.5 Å². The molecule has 0 aliphatic heterocycles. The van der Waals surface area contributed by atoms with Gasteiger partial charge in [-0.2, -0.15) is 0 Å². The van der Waals surface area contributed by atoms with Crippen LogP contribution in [0.5, 0.6) is 0 Å². The van der Waals surface area contributed by atoms with E-state index in [9.17, 15) is 19.8 Å². The van der Waals surface area contributed by atoms with Crippen molar-refractivity contribution < 1.29 is 19.8 Å². The molecule has 2 aliphatic carbocycles. The molecule has 0 aromatic heterocycles. The molecule has 2 unspecified atom stereocenters. The van der Waals surface area contributed by atoms with Gasteiger partial charge in [0.05, 0.1) is 0 Å². The summed E-state index contributed by atoms with van der Waals surface area (Å²) in [6, 6.07) is 0. The molecule has 4 heteroatoms. The fourth-order valence-corrected chi connectivity index (χ4v) is 4.23. The Hall–Kier alpha value is -1.32. The van der Waals surface area contributed by atoms with Crippen LogP contribution in [-0.4, -0.2) is 22.2 Å². The van der Waals surface area contributed by atoms with Gasteiger partial charge in [0.15, 0.2) is 0 Å². The smallest absolute Gasteiger partial charge is 0.343 e. The Labute approximate surface area is 119 Å². The summed E-state index contributed by atoms with van der Waals surface area (Å²) in [6.07, 6.45) is 7.03. The quantitative estimate of drug-likeness (QED) is 0.470. The van der Waals surface area contributed by atoms with Crippen molar-refractivity contribution in [1.29, 1.82) is 0 Å². The van der Waals surface area contributed by atoms with Gasteiger partial charge in [0.25, 0.3) is 0 Å². The van der Waals surface area contributed by atoms with Crippen molar-refractivity contribution in [3.05, 3.63) is 11.1 Å². The molecule has 0 radical (unpaired) electrons. The van der Waals surface area contributed by atoms with E-state index in [1.54, 1.807) is 0 Å². The number of carboxylic acid groups (broad SMARTS) is 2. The Morgan fingerprint density at radius 3 is 1.95 bits per heavy atom. The summed E-state index contributed by atoms with van der Waals surface area (Å²) in [5, 5.41) is 18.8. The molecule has 0 aromatic rings. The fraction of sp³-hybridized carbons (Fsp3) is 0.750. The SMILES string of the molecule is CC1CCCC1(C)C(=C(C(=O)O)C(=O)O)C1CCCC1. The van der Waals surface area contributed by atoms with Crippen molar-refractivity contribution >= 4 is 11.9 Å². The van der Waals surface area contributed by atoms with Gasteiger partial charge in [-0.3, -0.25) is 0 Å². The summed E-state index contributed by atoms with van der Waals surface area (Å²) in [5.41, 5.74) is 0.106. The Morgan fingerprint density at radius 2 is 1.55 bits per heavy atom. The van der Waals surface area contributed by atoms with Gasteiger partial charge in [0.2, 0.25) is 0 Å². The van der Waals surface area contributed by atoms with Gasteiger partial charge < -0.3 is 10.2 Å². The third-order valence-corrected chi connectivity index (χ3v) is 5.50. The van der Waals surface area contributed by atoms with Crippen LogP contribution in [0.3, 0.4) is 0 Å². The van der Waals surface area contributed by atoms with Gasteiger partial charge in [-0.1, -0.05) is 33.1 Å². The highest BCUT2D eigenvalue weighted by Gasteiger charge is 2.45. The molecule has 0 aromatic carbocycles.